The van der Waals surface area contributed by atoms with Gasteiger partial charge in [0.05, 0.1) is 6.04 Å². The van der Waals surface area contributed by atoms with Crippen molar-refractivity contribution >= 4 is 11.8 Å². The highest BCUT2D eigenvalue weighted by Crippen LogP contribution is 2.08. The van der Waals surface area contributed by atoms with Gasteiger partial charge in [0.25, 0.3) is 0 Å². The van der Waals surface area contributed by atoms with Gasteiger partial charge < -0.3 is 16.8 Å². The van der Waals surface area contributed by atoms with Crippen LogP contribution in [0.25, 0.3) is 0 Å². The molecule has 2 amide bonds. The molecule has 21 heavy (non-hydrogen) atoms. The van der Waals surface area contributed by atoms with Gasteiger partial charge in [-0.2, -0.15) is 0 Å². The predicted molar refractivity (Wildman–Crippen MR) is 83.3 cm³/mol. The molecule has 0 spiro atoms. The zero-order valence-electron chi connectivity index (χ0n) is 12.7. The molecule has 0 radical (unpaired) electrons. The van der Waals surface area contributed by atoms with Gasteiger partial charge in [-0.25, -0.2) is 0 Å². The Morgan fingerprint density at radius 3 is 2.33 bits per heavy atom. The fourth-order valence-electron chi connectivity index (χ4n) is 2.24. The Hall–Kier alpha value is -1.88. The molecule has 2 atom stereocenters. The van der Waals surface area contributed by atoms with Gasteiger partial charge in [0.15, 0.2) is 0 Å². The Balaban J connectivity index is 2.65. The zero-order valence-corrected chi connectivity index (χ0v) is 12.7. The summed E-state index contributed by atoms with van der Waals surface area (Å²) in [5.41, 5.74) is 12.2. The van der Waals surface area contributed by atoms with Crippen molar-refractivity contribution < 1.29 is 9.59 Å². The normalized spacial score (nSPS) is 13.7. The highest BCUT2D eigenvalue weighted by molar-refractivity contribution is 5.83. The number of carbonyl (C=O) groups excluding carboxylic acids is 2. The summed E-state index contributed by atoms with van der Waals surface area (Å²) in [5.74, 6) is -0.325. The lowest BCUT2D eigenvalue weighted by molar-refractivity contribution is -0.124. The van der Waals surface area contributed by atoms with E-state index >= 15 is 0 Å². The fraction of sp³-hybridized carbons (Fsp3) is 0.500. The van der Waals surface area contributed by atoms with E-state index in [1.807, 2.05) is 44.2 Å². The largest absolute Gasteiger partial charge is 0.370 e. The Labute approximate surface area is 126 Å². The number of nitrogens with two attached hydrogens (primary N) is 2. The van der Waals surface area contributed by atoms with E-state index in [4.69, 9.17) is 11.5 Å². The Kier molecular flexibility index (Phi) is 6.88. The summed E-state index contributed by atoms with van der Waals surface area (Å²) < 4.78 is 0. The summed E-state index contributed by atoms with van der Waals surface area (Å²) in [5, 5.41) is 2.84. The molecule has 5 nitrogen and oxygen atoms in total. The summed E-state index contributed by atoms with van der Waals surface area (Å²) in [6, 6.07) is 8.78. The second kappa shape index (κ2) is 8.42. The Morgan fingerprint density at radius 2 is 1.81 bits per heavy atom. The molecule has 5 N–H and O–H groups in total. The number of hydrogen-bond donors (Lipinski definition) is 3. The first-order chi connectivity index (χ1) is 9.88. The summed E-state index contributed by atoms with van der Waals surface area (Å²) >= 11 is 0. The first-order valence-corrected chi connectivity index (χ1v) is 7.26. The number of amides is 2. The molecule has 5 heteroatoms. The van der Waals surface area contributed by atoms with E-state index in [-0.39, 0.29) is 18.4 Å². The van der Waals surface area contributed by atoms with E-state index in [0.29, 0.717) is 18.8 Å². The molecule has 0 saturated carbocycles. The van der Waals surface area contributed by atoms with Crippen molar-refractivity contribution in [3.63, 3.8) is 0 Å². The van der Waals surface area contributed by atoms with Crippen molar-refractivity contribution in [1.29, 1.82) is 0 Å². The van der Waals surface area contributed by atoms with Gasteiger partial charge in [0.1, 0.15) is 0 Å². The van der Waals surface area contributed by atoms with E-state index in [0.717, 1.165) is 5.56 Å². The molecule has 0 fully saturated rings. The summed E-state index contributed by atoms with van der Waals surface area (Å²) in [4.78, 5) is 23.2. The third kappa shape index (κ3) is 6.90. The van der Waals surface area contributed by atoms with E-state index in [2.05, 4.69) is 5.32 Å². The second-order valence-electron chi connectivity index (χ2n) is 5.80. The van der Waals surface area contributed by atoms with Gasteiger partial charge in [-0.3, -0.25) is 9.59 Å². The summed E-state index contributed by atoms with van der Waals surface area (Å²) in [7, 11) is 0. The first-order valence-electron chi connectivity index (χ1n) is 7.26. The van der Waals surface area contributed by atoms with Gasteiger partial charge in [0.2, 0.25) is 11.8 Å². The van der Waals surface area contributed by atoms with Crippen LogP contribution in [0.15, 0.2) is 30.3 Å². The van der Waals surface area contributed by atoms with Crippen LogP contribution in [0.1, 0.15) is 32.3 Å². The average Bonchev–Trinajstić information content (AvgIpc) is 2.38. The minimum Gasteiger partial charge on any atom is -0.370 e. The van der Waals surface area contributed by atoms with Crippen LogP contribution in [0.5, 0.6) is 0 Å². The van der Waals surface area contributed by atoms with Crippen LogP contribution >= 0.6 is 0 Å². The minimum absolute atomic E-state index is 0.106. The maximum Gasteiger partial charge on any atom is 0.237 e. The highest BCUT2D eigenvalue weighted by Gasteiger charge is 2.20. The summed E-state index contributed by atoms with van der Waals surface area (Å²) in [6.07, 6.45) is 1.28. The molecule has 0 aliphatic rings. The Bertz CT molecular complexity index is 460. The molecule has 0 aliphatic heterocycles. The summed E-state index contributed by atoms with van der Waals surface area (Å²) in [6.45, 7) is 4.02. The van der Waals surface area contributed by atoms with Gasteiger partial charge in [-0.15, -0.1) is 0 Å². The molecule has 0 bridgehead atoms. The van der Waals surface area contributed by atoms with Gasteiger partial charge in [0, 0.05) is 12.5 Å². The molecule has 1 aromatic carbocycles. The van der Waals surface area contributed by atoms with E-state index in [1.165, 1.54) is 0 Å². The van der Waals surface area contributed by atoms with E-state index in [1.54, 1.807) is 0 Å². The molecule has 1 aromatic rings. The number of rotatable bonds is 8. The molecule has 0 aliphatic carbocycles. The van der Waals surface area contributed by atoms with Crippen molar-refractivity contribution in [2.75, 3.05) is 0 Å². The molecule has 0 unspecified atom stereocenters. The maximum atomic E-state index is 12.1. The SMILES string of the molecule is CC(C)C[C@H](N)C(=O)N[C@@H](CC(N)=O)Cc1ccccc1. The molecule has 0 heterocycles. The zero-order chi connectivity index (χ0) is 15.8. The molecular weight excluding hydrogens is 266 g/mol. The molecular formula is C16H25N3O2. The Morgan fingerprint density at radius 1 is 1.19 bits per heavy atom. The third-order valence-corrected chi connectivity index (χ3v) is 3.18. The maximum absolute atomic E-state index is 12.1. The highest BCUT2D eigenvalue weighted by atomic mass is 16.2. The first kappa shape index (κ1) is 17.2. The smallest absolute Gasteiger partial charge is 0.237 e. The van der Waals surface area contributed by atoms with E-state index < -0.39 is 11.9 Å². The number of primary amides is 1. The quantitative estimate of drug-likeness (QED) is 0.665. The van der Waals surface area contributed by atoms with Gasteiger partial charge >= 0.3 is 0 Å². The fourth-order valence-corrected chi connectivity index (χ4v) is 2.24. The van der Waals surface area contributed by atoms with Crippen LogP contribution in [0, 0.1) is 5.92 Å². The average molecular weight is 291 g/mol. The monoisotopic (exact) mass is 291 g/mol. The van der Waals surface area contributed by atoms with Crippen LogP contribution in [0.3, 0.4) is 0 Å². The van der Waals surface area contributed by atoms with Crippen LogP contribution < -0.4 is 16.8 Å². The minimum atomic E-state index is -0.559. The number of carbonyl (C=O) groups is 2. The molecule has 0 aromatic heterocycles. The number of hydrogen-bond acceptors (Lipinski definition) is 3. The van der Waals surface area contributed by atoms with Crippen LogP contribution in [-0.4, -0.2) is 23.9 Å². The van der Waals surface area contributed by atoms with Crippen molar-refractivity contribution in [1.82, 2.24) is 5.32 Å². The van der Waals surface area contributed by atoms with Crippen molar-refractivity contribution in [2.45, 2.75) is 45.2 Å². The standard InChI is InChI=1S/C16H25N3O2/c1-11(2)8-14(17)16(21)19-13(10-15(18)20)9-12-6-4-3-5-7-12/h3-7,11,13-14H,8-10,17H2,1-2H3,(H2,18,20)(H,19,21)/t13-,14+/m1/s1. The number of nitrogens with one attached hydrogen (secondary N) is 1. The van der Waals surface area contributed by atoms with Crippen LogP contribution in [-0.2, 0) is 16.0 Å². The van der Waals surface area contributed by atoms with Crippen LogP contribution in [0.4, 0.5) is 0 Å². The topological polar surface area (TPSA) is 98.2 Å². The van der Waals surface area contributed by atoms with Crippen LogP contribution in [0.2, 0.25) is 0 Å². The number of benzene rings is 1. The lowest BCUT2D eigenvalue weighted by Crippen LogP contribution is -2.47. The molecule has 1 rings (SSSR count). The lowest BCUT2D eigenvalue weighted by Gasteiger charge is -2.21. The van der Waals surface area contributed by atoms with Crippen molar-refractivity contribution in [3.8, 4) is 0 Å². The third-order valence-electron chi connectivity index (χ3n) is 3.18. The van der Waals surface area contributed by atoms with Gasteiger partial charge in [-0.1, -0.05) is 44.2 Å². The molecule has 116 valence electrons. The van der Waals surface area contributed by atoms with Crippen molar-refractivity contribution in [3.05, 3.63) is 35.9 Å². The van der Waals surface area contributed by atoms with Gasteiger partial charge in [-0.05, 0) is 24.3 Å². The lowest BCUT2D eigenvalue weighted by atomic mass is 10.0. The van der Waals surface area contributed by atoms with E-state index in [9.17, 15) is 9.59 Å². The predicted octanol–water partition coefficient (Wildman–Crippen LogP) is 0.963. The second-order valence-corrected chi connectivity index (χ2v) is 5.80. The van der Waals surface area contributed by atoms with Crippen molar-refractivity contribution in [2.24, 2.45) is 17.4 Å². The molecule has 0 saturated heterocycles.